The van der Waals surface area contributed by atoms with Crippen LogP contribution < -0.4 is 11.1 Å². The number of nitrogens with one attached hydrogen (secondary N) is 1. The average molecular weight is 326 g/mol. The fraction of sp³-hybridized carbons (Fsp3) is 0.429. The molecule has 0 saturated carbocycles. The van der Waals surface area contributed by atoms with Gasteiger partial charge >= 0.3 is 0 Å². The molecule has 0 bridgehead atoms. The van der Waals surface area contributed by atoms with Gasteiger partial charge in [-0.05, 0) is 43.9 Å². The largest absolute Gasteiger partial charge is 0.401 e. The molecule has 24 heavy (non-hydrogen) atoms. The molecule has 130 valence electrons. The first-order valence-corrected chi connectivity index (χ1v) is 8.75. The molecule has 0 aliphatic carbocycles. The third-order valence-corrected chi connectivity index (χ3v) is 4.88. The van der Waals surface area contributed by atoms with Crippen LogP contribution in [0, 0.1) is 12.8 Å². The van der Waals surface area contributed by atoms with Crippen LogP contribution in [0.5, 0.6) is 0 Å². The van der Waals surface area contributed by atoms with E-state index in [1.165, 1.54) is 17.5 Å². The molecular formula is C21H31N3. The quantitative estimate of drug-likeness (QED) is 0.765. The summed E-state index contributed by atoms with van der Waals surface area (Å²) in [6.45, 7) is 17.5. The second-order valence-corrected chi connectivity index (χ2v) is 6.97. The Balaban J connectivity index is 2.04. The highest BCUT2D eigenvalue weighted by molar-refractivity contribution is 5.24. The SMILES string of the molecule is C=CN1CCCC1C(=C)NC(C(=C)N)[C@H](C)Cc1cccc(C)c1. The minimum absolute atomic E-state index is 0.0188. The number of benzene rings is 1. The van der Waals surface area contributed by atoms with E-state index in [1.807, 2.05) is 6.20 Å². The van der Waals surface area contributed by atoms with Crippen molar-refractivity contribution >= 4 is 0 Å². The molecule has 1 aromatic rings. The van der Waals surface area contributed by atoms with Crippen LogP contribution in [-0.4, -0.2) is 23.5 Å². The van der Waals surface area contributed by atoms with Crippen molar-refractivity contribution in [2.45, 2.75) is 45.2 Å². The molecule has 3 N–H and O–H groups in total. The maximum Gasteiger partial charge on any atom is 0.0677 e. The highest BCUT2D eigenvalue weighted by atomic mass is 15.2. The summed E-state index contributed by atoms with van der Waals surface area (Å²) in [5.41, 5.74) is 10.4. The monoisotopic (exact) mass is 325 g/mol. The smallest absolute Gasteiger partial charge is 0.0677 e. The van der Waals surface area contributed by atoms with E-state index in [-0.39, 0.29) is 6.04 Å². The lowest BCUT2D eigenvalue weighted by molar-refractivity contribution is 0.353. The van der Waals surface area contributed by atoms with Crippen molar-refractivity contribution < 1.29 is 0 Å². The highest BCUT2D eigenvalue weighted by Gasteiger charge is 2.27. The number of likely N-dealkylation sites (tertiary alicyclic amines) is 1. The van der Waals surface area contributed by atoms with Gasteiger partial charge in [-0.2, -0.15) is 0 Å². The Hall–Kier alpha value is -2.16. The third kappa shape index (κ3) is 4.44. The van der Waals surface area contributed by atoms with Gasteiger partial charge in [0.05, 0.1) is 12.1 Å². The number of nitrogens with two attached hydrogens (primary N) is 1. The molecule has 0 amide bonds. The summed E-state index contributed by atoms with van der Waals surface area (Å²) < 4.78 is 0. The Morgan fingerprint density at radius 2 is 2.21 bits per heavy atom. The average Bonchev–Trinajstić information content (AvgIpc) is 3.00. The molecule has 3 nitrogen and oxygen atoms in total. The van der Waals surface area contributed by atoms with Gasteiger partial charge in [-0.1, -0.05) is 56.5 Å². The molecule has 3 heteroatoms. The zero-order valence-electron chi connectivity index (χ0n) is 15.1. The molecule has 0 radical (unpaired) electrons. The van der Waals surface area contributed by atoms with E-state index in [4.69, 9.17) is 5.73 Å². The van der Waals surface area contributed by atoms with Gasteiger partial charge in [0.25, 0.3) is 0 Å². The first-order chi connectivity index (χ1) is 11.4. The van der Waals surface area contributed by atoms with Crippen molar-refractivity contribution in [1.29, 1.82) is 0 Å². The third-order valence-electron chi connectivity index (χ3n) is 4.88. The molecule has 0 spiro atoms. The molecule has 0 aromatic heterocycles. The zero-order chi connectivity index (χ0) is 17.7. The predicted molar refractivity (Wildman–Crippen MR) is 103 cm³/mol. The van der Waals surface area contributed by atoms with Gasteiger partial charge in [0.2, 0.25) is 0 Å². The Kier molecular flexibility index (Phi) is 6.13. The molecule has 2 rings (SSSR count). The molecule has 1 aromatic carbocycles. The van der Waals surface area contributed by atoms with Crippen molar-refractivity contribution in [2.24, 2.45) is 11.7 Å². The predicted octanol–water partition coefficient (Wildman–Crippen LogP) is 3.73. The lowest BCUT2D eigenvalue weighted by atomic mass is 9.91. The van der Waals surface area contributed by atoms with Gasteiger partial charge in [-0.25, -0.2) is 0 Å². The molecule has 1 fully saturated rings. The summed E-state index contributed by atoms with van der Waals surface area (Å²) in [6, 6.07) is 8.96. The van der Waals surface area contributed by atoms with E-state index in [0.717, 1.165) is 25.1 Å². The Bertz CT molecular complexity index is 605. The maximum absolute atomic E-state index is 6.10. The van der Waals surface area contributed by atoms with Crippen LogP contribution >= 0.6 is 0 Å². The van der Waals surface area contributed by atoms with Crippen LogP contribution in [0.1, 0.15) is 30.9 Å². The summed E-state index contributed by atoms with van der Waals surface area (Å²) in [6.07, 6.45) is 5.14. The van der Waals surface area contributed by atoms with Crippen LogP contribution in [0.2, 0.25) is 0 Å². The van der Waals surface area contributed by atoms with E-state index in [2.05, 4.69) is 68.1 Å². The Morgan fingerprint density at radius 3 is 2.83 bits per heavy atom. The van der Waals surface area contributed by atoms with E-state index >= 15 is 0 Å². The minimum atomic E-state index is 0.0188. The molecule has 3 atom stereocenters. The highest BCUT2D eigenvalue weighted by Crippen LogP contribution is 2.24. The van der Waals surface area contributed by atoms with E-state index < -0.39 is 0 Å². The summed E-state index contributed by atoms with van der Waals surface area (Å²) in [7, 11) is 0. The second kappa shape index (κ2) is 8.09. The first-order valence-electron chi connectivity index (χ1n) is 8.75. The lowest BCUT2D eigenvalue weighted by Crippen LogP contribution is -2.43. The zero-order valence-corrected chi connectivity index (χ0v) is 15.1. The molecule has 1 aliphatic rings. The summed E-state index contributed by atoms with van der Waals surface area (Å²) >= 11 is 0. The molecule has 1 heterocycles. The van der Waals surface area contributed by atoms with Gasteiger partial charge in [0.1, 0.15) is 0 Å². The normalized spacial score (nSPS) is 19.6. The fourth-order valence-corrected chi connectivity index (χ4v) is 3.61. The van der Waals surface area contributed by atoms with E-state index in [0.29, 0.717) is 17.7 Å². The van der Waals surface area contributed by atoms with Crippen molar-refractivity contribution in [1.82, 2.24) is 10.2 Å². The van der Waals surface area contributed by atoms with Crippen LogP contribution in [0.4, 0.5) is 0 Å². The van der Waals surface area contributed by atoms with Crippen LogP contribution in [0.25, 0.3) is 0 Å². The van der Waals surface area contributed by atoms with E-state index in [9.17, 15) is 0 Å². The number of hydrogen-bond donors (Lipinski definition) is 2. The van der Waals surface area contributed by atoms with Gasteiger partial charge < -0.3 is 16.0 Å². The van der Waals surface area contributed by atoms with Gasteiger partial charge in [0, 0.05) is 17.9 Å². The van der Waals surface area contributed by atoms with E-state index in [1.54, 1.807) is 0 Å². The molecule has 1 aliphatic heterocycles. The summed E-state index contributed by atoms with van der Waals surface area (Å²) in [5.74, 6) is 0.333. The van der Waals surface area contributed by atoms with Crippen LogP contribution in [0.15, 0.2) is 61.6 Å². The summed E-state index contributed by atoms with van der Waals surface area (Å²) in [5, 5.41) is 3.55. The topological polar surface area (TPSA) is 41.3 Å². The lowest BCUT2D eigenvalue weighted by Gasteiger charge is -2.32. The second-order valence-electron chi connectivity index (χ2n) is 6.97. The first kappa shape index (κ1) is 18.2. The molecule has 1 saturated heterocycles. The Morgan fingerprint density at radius 1 is 1.46 bits per heavy atom. The number of nitrogens with zero attached hydrogens (tertiary/aromatic N) is 1. The number of hydrogen-bond acceptors (Lipinski definition) is 3. The van der Waals surface area contributed by atoms with Gasteiger partial charge in [-0.3, -0.25) is 0 Å². The number of aryl methyl sites for hydroxylation is 1. The van der Waals surface area contributed by atoms with Gasteiger partial charge in [-0.15, -0.1) is 0 Å². The molecular weight excluding hydrogens is 294 g/mol. The fourth-order valence-electron chi connectivity index (χ4n) is 3.61. The molecule has 2 unspecified atom stereocenters. The van der Waals surface area contributed by atoms with Crippen LogP contribution in [0.3, 0.4) is 0 Å². The van der Waals surface area contributed by atoms with Crippen molar-refractivity contribution in [3.8, 4) is 0 Å². The summed E-state index contributed by atoms with van der Waals surface area (Å²) in [4.78, 5) is 2.25. The Labute approximate surface area is 146 Å². The standard InChI is InChI=1S/C21H31N3/c1-6-24-12-8-11-20(24)18(5)23-21(17(4)22)16(3)14-19-10-7-9-15(2)13-19/h6-7,9-10,13,16,20-21,23H,1,4-5,8,11-12,14,22H2,2-3H3/t16-,20?,21?/m1/s1. The minimum Gasteiger partial charge on any atom is -0.401 e. The van der Waals surface area contributed by atoms with Crippen molar-refractivity contribution in [3.05, 3.63) is 72.7 Å². The maximum atomic E-state index is 6.10. The van der Waals surface area contributed by atoms with Crippen LogP contribution in [-0.2, 0) is 6.42 Å². The van der Waals surface area contributed by atoms with Gasteiger partial charge in [0.15, 0.2) is 0 Å². The van der Waals surface area contributed by atoms with Crippen molar-refractivity contribution in [3.63, 3.8) is 0 Å². The van der Waals surface area contributed by atoms with Crippen molar-refractivity contribution in [2.75, 3.05) is 6.54 Å². The number of rotatable bonds is 8.